The van der Waals surface area contributed by atoms with Crippen molar-refractivity contribution in [3.63, 3.8) is 0 Å². The van der Waals surface area contributed by atoms with Crippen molar-refractivity contribution in [3.8, 4) is 0 Å². The Morgan fingerprint density at radius 2 is 2.17 bits per heavy atom. The zero-order valence-electron chi connectivity index (χ0n) is 10.4. The molecule has 98 valence electrons. The Hall–Kier alpha value is -0.700. The molecule has 0 saturated heterocycles. The third-order valence-electron chi connectivity index (χ3n) is 3.02. The molecule has 1 unspecified atom stereocenters. The molecule has 1 aliphatic heterocycles. The van der Waals surface area contributed by atoms with Crippen LogP contribution in [0.4, 0.5) is 0 Å². The zero-order valence-corrected chi connectivity index (χ0v) is 11.9. The summed E-state index contributed by atoms with van der Waals surface area (Å²) in [6.07, 6.45) is 3.99. The molecule has 1 N–H and O–H groups in total. The van der Waals surface area contributed by atoms with Crippen LogP contribution in [0.25, 0.3) is 0 Å². The van der Waals surface area contributed by atoms with Gasteiger partial charge >= 0.3 is 0 Å². The van der Waals surface area contributed by atoms with Crippen molar-refractivity contribution in [2.75, 3.05) is 13.2 Å². The van der Waals surface area contributed by atoms with E-state index >= 15 is 0 Å². The molecular formula is C14H17Cl2NO. The minimum atomic E-state index is 0.157. The lowest BCUT2D eigenvalue weighted by Crippen LogP contribution is -2.24. The molecule has 2 rings (SSSR count). The van der Waals surface area contributed by atoms with E-state index in [-0.39, 0.29) is 6.04 Å². The maximum atomic E-state index is 6.09. The van der Waals surface area contributed by atoms with E-state index in [0.717, 1.165) is 31.6 Å². The molecule has 1 aromatic rings. The van der Waals surface area contributed by atoms with E-state index in [9.17, 15) is 0 Å². The molecule has 1 aromatic carbocycles. The van der Waals surface area contributed by atoms with Gasteiger partial charge in [-0.2, -0.15) is 0 Å². The van der Waals surface area contributed by atoms with Gasteiger partial charge in [0.2, 0.25) is 0 Å². The normalized spacial score (nSPS) is 16.9. The maximum absolute atomic E-state index is 6.09. The lowest BCUT2D eigenvalue weighted by molar-refractivity contribution is 0.219. The van der Waals surface area contributed by atoms with E-state index in [4.69, 9.17) is 27.9 Å². The average Bonchev–Trinajstić information content (AvgIpc) is 2.40. The SMILES string of the molecule is CCNC(C1=COCCC1)c1ccc(Cl)c(Cl)c1. The van der Waals surface area contributed by atoms with Crippen molar-refractivity contribution in [3.05, 3.63) is 45.6 Å². The Kier molecular flexibility index (Phi) is 4.93. The van der Waals surface area contributed by atoms with E-state index in [1.54, 1.807) is 0 Å². The number of benzene rings is 1. The summed E-state index contributed by atoms with van der Waals surface area (Å²) >= 11 is 12.0. The lowest BCUT2D eigenvalue weighted by atomic mass is 9.95. The maximum Gasteiger partial charge on any atom is 0.0876 e. The first-order valence-corrected chi connectivity index (χ1v) is 6.97. The van der Waals surface area contributed by atoms with Gasteiger partial charge in [0.25, 0.3) is 0 Å². The molecule has 0 bridgehead atoms. The standard InChI is InChI=1S/C14H17Cl2NO/c1-2-17-14(11-4-3-7-18-9-11)10-5-6-12(15)13(16)8-10/h5-6,8-9,14,17H,2-4,7H2,1H3. The Balaban J connectivity index is 2.28. The molecule has 0 saturated carbocycles. The highest BCUT2D eigenvalue weighted by Crippen LogP contribution is 2.31. The summed E-state index contributed by atoms with van der Waals surface area (Å²) in [7, 11) is 0. The van der Waals surface area contributed by atoms with Crippen molar-refractivity contribution < 1.29 is 4.74 Å². The monoisotopic (exact) mass is 285 g/mol. The van der Waals surface area contributed by atoms with Gasteiger partial charge in [0.15, 0.2) is 0 Å². The molecule has 1 heterocycles. The number of rotatable bonds is 4. The van der Waals surface area contributed by atoms with Gasteiger partial charge in [-0.3, -0.25) is 0 Å². The van der Waals surface area contributed by atoms with E-state index in [0.29, 0.717) is 10.0 Å². The van der Waals surface area contributed by atoms with Crippen LogP contribution in [0.5, 0.6) is 0 Å². The van der Waals surface area contributed by atoms with Crippen molar-refractivity contribution in [2.45, 2.75) is 25.8 Å². The van der Waals surface area contributed by atoms with Crippen LogP contribution in [-0.4, -0.2) is 13.2 Å². The predicted molar refractivity (Wildman–Crippen MR) is 76.1 cm³/mol. The quantitative estimate of drug-likeness (QED) is 0.889. The summed E-state index contributed by atoms with van der Waals surface area (Å²) < 4.78 is 5.42. The van der Waals surface area contributed by atoms with Crippen LogP contribution in [0.2, 0.25) is 10.0 Å². The Morgan fingerprint density at radius 1 is 1.33 bits per heavy atom. The molecule has 1 atom stereocenters. The number of nitrogens with one attached hydrogen (secondary N) is 1. The fraction of sp³-hybridized carbons (Fsp3) is 0.429. The van der Waals surface area contributed by atoms with Crippen LogP contribution in [-0.2, 0) is 4.74 Å². The van der Waals surface area contributed by atoms with E-state index < -0.39 is 0 Å². The molecule has 18 heavy (non-hydrogen) atoms. The highest BCUT2D eigenvalue weighted by Gasteiger charge is 2.18. The minimum absolute atomic E-state index is 0.157. The summed E-state index contributed by atoms with van der Waals surface area (Å²) in [6, 6.07) is 5.93. The van der Waals surface area contributed by atoms with Crippen LogP contribution in [0.3, 0.4) is 0 Å². The van der Waals surface area contributed by atoms with Crippen LogP contribution in [0.15, 0.2) is 30.0 Å². The molecule has 4 heteroatoms. The molecule has 2 nitrogen and oxygen atoms in total. The van der Waals surface area contributed by atoms with Crippen LogP contribution < -0.4 is 5.32 Å². The summed E-state index contributed by atoms with van der Waals surface area (Å²) in [5, 5.41) is 4.64. The molecular weight excluding hydrogens is 269 g/mol. The first-order valence-electron chi connectivity index (χ1n) is 6.21. The van der Waals surface area contributed by atoms with E-state index in [1.165, 1.54) is 5.57 Å². The van der Waals surface area contributed by atoms with Gasteiger partial charge in [-0.25, -0.2) is 0 Å². The molecule has 0 fully saturated rings. The molecule has 0 aromatic heterocycles. The molecule has 0 radical (unpaired) electrons. The van der Waals surface area contributed by atoms with Gasteiger partial charge in [-0.15, -0.1) is 0 Å². The van der Waals surface area contributed by atoms with Crippen molar-refractivity contribution >= 4 is 23.2 Å². The van der Waals surface area contributed by atoms with Gasteiger partial charge < -0.3 is 10.1 Å². The first kappa shape index (κ1) is 13.7. The van der Waals surface area contributed by atoms with Crippen molar-refractivity contribution in [2.24, 2.45) is 0 Å². The molecule has 0 amide bonds. The summed E-state index contributed by atoms with van der Waals surface area (Å²) in [5.74, 6) is 0. The summed E-state index contributed by atoms with van der Waals surface area (Å²) in [4.78, 5) is 0. The van der Waals surface area contributed by atoms with Gasteiger partial charge in [0, 0.05) is 0 Å². The second-order valence-electron chi connectivity index (χ2n) is 4.33. The zero-order chi connectivity index (χ0) is 13.0. The van der Waals surface area contributed by atoms with Gasteiger partial charge in [0.1, 0.15) is 0 Å². The van der Waals surface area contributed by atoms with Gasteiger partial charge in [-0.1, -0.05) is 36.2 Å². The number of ether oxygens (including phenoxy) is 1. The second-order valence-corrected chi connectivity index (χ2v) is 5.15. The summed E-state index contributed by atoms with van der Waals surface area (Å²) in [6.45, 7) is 3.79. The molecule has 0 aliphatic carbocycles. The molecule has 0 spiro atoms. The number of likely N-dealkylation sites (N-methyl/N-ethyl adjacent to an activating group) is 1. The third-order valence-corrected chi connectivity index (χ3v) is 3.76. The van der Waals surface area contributed by atoms with Crippen LogP contribution in [0.1, 0.15) is 31.4 Å². The number of halogens is 2. The summed E-state index contributed by atoms with van der Waals surface area (Å²) in [5.41, 5.74) is 2.39. The Bertz CT molecular complexity index is 445. The van der Waals surface area contributed by atoms with Gasteiger partial charge in [0.05, 0.1) is 29.0 Å². The number of hydrogen-bond acceptors (Lipinski definition) is 2. The highest BCUT2D eigenvalue weighted by atomic mass is 35.5. The second kappa shape index (κ2) is 6.46. The predicted octanol–water partition coefficient (Wildman–Crippen LogP) is 4.34. The Morgan fingerprint density at radius 3 is 2.78 bits per heavy atom. The minimum Gasteiger partial charge on any atom is -0.501 e. The largest absolute Gasteiger partial charge is 0.501 e. The van der Waals surface area contributed by atoms with Gasteiger partial charge in [-0.05, 0) is 42.7 Å². The smallest absolute Gasteiger partial charge is 0.0876 e. The highest BCUT2D eigenvalue weighted by molar-refractivity contribution is 6.42. The number of hydrogen-bond donors (Lipinski definition) is 1. The topological polar surface area (TPSA) is 21.3 Å². The fourth-order valence-electron chi connectivity index (χ4n) is 2.16. The third kappa shape index (κ3) is 3.19. The van der Waals surface area contributed by atoms with Crippen molar-refractivity contribution in [1.29, 1.82) is 0 Å². The molecule has 1 aliphatic rings. The Labute approximate surface area is 118 Å². The fourth-order valence-corrected chi connectivity index (χ4v) is 2.46. The van der Waals surface area contributed by atoms with Crippen LogP contribution >= 0.6 is 23.2 Å². The van der Waals surface area contributed by atoms with E-state index in [2.05, 4.69) is 12.2 Å². The van der Waals surface area contributed by atoms with E-state index in [1.807, 2.05) is 24.5 Å². The first-order chi connectivity index (χ1) is 8.72. The van der Waals surface area contributed by atoms with Crippen LogP contribution in [0, 0.1) is 0 Å². The average molecular weight is 286 g/mol. The van der Waals surface area contributed by atoms with Crippen molar-refractivity contribution in [1.82, 2.24) is 5.32 Å². The lowest BCUT2D eigenvalue weighted by Gasteiger charge is -2.24.